The van der Waals surface area contributed by atoms with Crippen LogP contribution < -0.4 is 10.2 Å². The maximum Gasteiger partial charge on any atom is 0.253 e. The van der Waals surface area contributed by atoms with Crippen LogP contribution in [0.5, 0.6) is 0 Å². The molecule has 0 saturated heterocycles. The summed E-state index contributed by atoms with van der Waals surface area (Å²) in [5, 5.41) is 24.4. The van der Waals surface area contributed by atoms with Crippen LogP contribution in [-0.2, 0) is 4.79 Å². The lowest BCUT2D eigenvalue weighted by Gasteiger charge is -2.11. The van der Waals surface area contributed by atoms with Crippen LogP contribution >= 0.6 is 0 Å². The van der Waals surface area contributed by atoms with Gasteiger partial charge in [-0.05, 0) is 29.8 Å². The highest BCUT2D eigenvalue weighted by Crippen LogP contribution is 2.22. The van der Waals surface area contributed by atoms with Crippen molar-refractivity contribution < 1.29 is 15.2 Å². The molecule has 3 rings (SSSR count). The summed E-state index contributed by atoms with van der Waals surface area (Å²) in [6.45, 7) is 0. The maximum absolute atomic E-state index is 12.1. The molecule has 1 aliphatic heterocycles. The summed E-state index contributed by atoms with van der Waals surface area (Å²) in [5.41, 5.74) is 2.33. The Hall–Kier alpha value is -2.54. The number of carbonyl (C=O) groups is 1. The zero-order valence-corrected chi connectivity index (χ0v) is 11.1. The molecule has 1 unspecified atom stereocenters. The molecule has 0 spiro atoms. The Balaban J connectivity index is 1.88. The second-order valence-corrected chi connectivity index (χ2v) is 4.65. The van der Waals surface area contributed by atoms with Gasteiger partial charge in [-0.1, -0.05) is 18.2 Å². The fraction of sp³-hybridized carbons (Fsp3) is 0.0667. The van der Waals surface area contributed by atoms with Gasteiger partial charge in [0, 0.05) is 12.1 Å². The van der Waals surface area contributed by atoms with Gasteiger partial charge < -0.3 is 5.21 Å². The van der Waals surface area contributed by atoms with Crippen molar-refractivity contribution >= 4 is 23.0 Å². The highest BCUT2D eigenvalue weighted by molar-refractivity contribution is 6.19. The van der Waals surface area contributed by atoms with E-state index in [9.17, 15) is 10.0 Å². The Kier molecular flexibility index (Phi) is 3.49. The molecule has 0 aromatic heterocycles. The van der Waals surface area contributed by atoms with E-state index in [0.29, 0.717) is 5.71 Å². The zero-order valence-electron chi connectivity index (χ0n) is 11.1. The van der Waals surface area contributed by atoms with Crippen LogP contribution in [0.1, 0.15) is 12.0 Å². The molecule has 0 aliphatic carbocycles. The molecule has 21 heavy (non-hydrogen) atoms. The van der Waals surface area contributed by atoms with Gasteiger partial charge in [-0.2, -0.15) is 10.3 Å². The van der Waals surface area contributed by atoms with Gasteiger partial charge in [0.15, 0.2) is 5.69 Å². The van der Waals surface area contributed by atoms with Gasteiger partial charge in [-0.15, -0.1) is 0 Å². The summed E-state index contributed by atoms with van der Waals surface area (Å²) in [6, 6.07) is 15.6. The van der Waals surface area contributed by atoms with Gasteiger partial charge in [0.25, 0.3) is 5.91 Å². The lowest BCUT2D eigenvalue weighted by Crippen LogP contribution is -2.99. The van der Waals surface area contributed by atoms with Gasteiger partial charge in [-0.3, -0.25) is 4.79 Å². The van der Waals surface area contributed by atoms with Crippen LogP contribution in [0.15, 0.2) is 59.7 Å². The largest absolute Gasteiger partial charge is 0.595 e. The average Bonchev–Trinajstić information content (AvgIpc) is 2.90. The highest BCUT2D eigenvalue weighted by atomic mass is 16.8. The Morgan fingerprint density at radius 1 is 1.10 bits per heavy atom. The molecule has 2 aromatic rings. The number of quaternary nitrogens is 1. The van der Waals surface area contributed by atoms with E-state index in [0.717, 1.165) is 11.3 Å². The topological polar surface area (TPSA) is 80.4 Å². The summed E-state index contributed by atoms with van der Waals surface area (Å²) in [6.07, 6.45) is 0.210. The van der Waals surface area contributed by atoms with Crippen molar-refractivity contribution in [3.63, 3.8) is 0 Å². The van der Waals surface area contributed by atoms with E-state index in [1.54, 1.807) is 12.1 Å². The quantitative estimate of drug-likeness (QED) is 0.831. The summed E-state index contributed by atoms with van der Waals surface area (Å²) in [5.74, 6) is -0.0986. The van der Waals surface area contributed by atoms with Crippen molar-refractivity contribution in [2.45, 2.75) is 6.42 Å². The van der Waals surface area contributed by atoms with Crippen LogP contribution in [0.3, 0.4) is 0 Å². The predicted molar refractivity (Wildman–Crippen MR) is 77.3 cm³/mol. The van der Waals surface area contributed by atoms with Crippen LogP contribution in [0.4, 0.5) is 11.4 Å². The molecule has 2 N–H and O–H groups in total. The Morgan fingerprint density at radius 2 is 1.76 bits per heavy atom. The zero-order chi connectivity index (χ0) is 14.8. The van der Waals surface area contributed by atoms with Gasteiger partial charge in [-0.25, -0.2) is 10.2 Å². The van der Waals surface area contributed by atoms with Gasteiger partial charge in [0.1, 0.15) is 0 Å². The van der Waals surface area contributed by atoms with Crippen LogP contribution in [0.25, 0.3) is 0 Å². The molecular formula is C15H13N3O3. The first-order valence-corrected chi connectivity index (χ1v) is 6.44. The van der Waals surface area contributed by atoms with Crippen molar-refractivity contribution in [1.82, 2.24) is 0 Å². The average molecular weight is 283 g/mol. The van der Waals surface area contributed by atoms with E-state index in [4.69, 9.17) is 5.21 Å². The lowest BCUT2D eigenvalue weighted by atomic mass is 10.1. The summed E-state index contributed by atoms with van der Waals surface area (Å²) in [4.78, 5) is 12.1. The first kappa shape index (κ1) is 13.4. The van der Waals surface area contributed by atoms with Crippen molar-refractivity contribution in [3.8, 4) is 0 Å². The fourth-order valence-electron chi connectivity index (χ4n) is 2.17. The fourth-order valence-corrected chi connectivity index (χ4v) is 2.17. The maximum atomic E-state index is 12.1. The van der Waals surface area contributed by atoms with Gasteiger partial charge in [0.05, 0.1) is 17.8 Å². The van der Waals surface area contributed by atoms with Crippen LogP contribution in [0.2, 0.25) is 0 Å². The molecule has 6 nitrogen and oxygen atoms in total. The Morgan fingerprint density at radius 3 is 2.38 bits per heavy atom. The summed E-state index contributed by atoms with van der Waals surface area (Å²) >= 11 is 0. The number of nitrogens with zero attached hydrogens (tertiary/aromatic N) is 2. The molecule has 1 atom stereocenters. The number of benzene rings is 2. The number of carbonyl (C=O) groups excluding carboxylic acids is 1. The van der Waals surface area contributed by atoms with Crippen molar-refractivity contribution in [3.05, 3.63) is 65.4 Å². The molecule has 2 aromatic carbocycles. The number of hydrogen-bond acceptors (Lipinski definition) is 4. The number of hydrazone groups is 1. The molecule has 1 amide bonds. The van der Waals surface area contributed by atoms with Gasteiger partial charge >= 0.3 is 0 Å². The second-order valence-electron chi connectivity index (χ2n) is 4.65. The van der Waals surface area contributed by atoms with E-state index in [1.807, 2.05) is 30.3 Å². The first-order chi connectivity index (χ1) is 10.1. The smallest absolute Gasteiger partial charge is 0.253 e. The number of hydrogen-bond donors (Lipinski definition) is 2. The third-order valence-electron chi connectivity index (χ3n) is 3.24. The predicted octanol–water partition coefficient (Wildman–Crippen LogP) is 1.23. The van der Waals surface area contributed by atoms with Crippen molar-refractivity contribution in [2.24, 2.45) is 5.10 Å². The third kappa shape index (κ3) is 2.68. The van der Waals surface area contributed by atoms with Gasteiger partial charge in [0.2, 0.25) is 0 Å². The minimum Gasteiger partial charge on any atom is -0.595 e. The molecule has 1 aliphatic rings. The van der Waals surface area contributed by atoms with E-state index in [-0.39, 0.29) is 18.0 Å². The molecule has 0 bridgehead atoms. The minimum atomic E-state index is -0.975. The molecule has 1 heterocycles. The number of rotatable bonds is 3. The van der Waals surface area contributed by atoms with E-state index < -0.39 is 5.23 Å². The molecule has 0 radical (unpaired) electrons. The summed E-state index contributed by atoms with van der Waals surface area (Å²) in [7, 11) is 0. The molecule has 0 fully saturated rings. The lowest BCUT2D eigenvalue weighted by molar-refractivity contribution is -0.991. The van der Waals surface area contributed by atoms with Crippen molar-refractivity contribution in [1.29, 1.82) is 0 Å². The van der Waals surface area contributed by atoms with Crippen LogP contribution in [-0.4, -0.2) is 16.8 Å². The van der Waals surface area contributed by atoms with Crippen LogP contribution in [0, 0.1) is 5.21 Å². The van der Waals surface area contributed by atoms with E-state index in [1.165, 1.54) is 17.1 Å². The summed E-state index contributed by atoms with van der Waals surface area (Å²) < 4.78 is 0. The normalized spacial score (nSPS) is 16.0. The Bertz CT molecular complexity index is 681. The minimum absolute atomic E-state index is 0.0986. The third-order valence-corrected chi connectivity index (χ3v) is 3.24. The molecule has 106 valence electrons. The van der Waals surface area contributed by atoms with E-state index in [2.05, 4.69) is 5.10 Å². The Labute approximate surface area is 121 Å². The molecule has 0 saturated carbocycles. The molecule has 6 heteroatoms. The number of nitrogens with one attached hydrogen (secondary N) is 1. The first-order valence-electron chi connectivity index (χ1n) is 6.44. The standard InChI is InChI=1S/C15H13N3O3/c19-15-10-14(11-6-8-13(9-7-11)18(20)21)16-17(15)12-4-2-1-3-5-12/h1-9,18,20H,10H2. The number of amides is 1. The number of para-hydroxylation sites is 1. The van der Waals surface area contributed by atoms with Crippen molar-refractivity contribution in [2.75, 3.05) is 5.01 Å². The van der Waals surface area contributed by atoms with E-state index >= 15 is 0 Å². The second kappa shape index (κ2) is 5.45. The molecular weight excluding hydrogens is 270 g/mol. The number of anilines is 1. The SMILES string of the molecule is O=C1CC(c2ccc([NH+]([O-])O)cc2)=NN1c1ccccc1. The monoisotopic (exact) mass is 283 g/mol. The highest BCUT2D eigenvalue weighted by Gasteiger charge is 2.25.